The quantitative estimate of drug-likeness (QED) is 0.506. The van der Waals surface area contributed by atoms with Crippen LogP contribution in [0.2, 0.25) is 0 Å². The Kier molecular flexibility index (Phi) is 6.39. The van der Waals surface area contributed by atoms with Crippen molar-refractivity contribution in [3.05, 3.63) is 52.1 Å². The number of thiazole rings is 1. The largest absolute Gasteiger partial charge is 0.449 e. The van der Waals surface area contributed by atoms with Crippen LogP contribution in [-0.4, -0.2) is 57.9 Å². The Labute approximate surface area is 204 Å². The number of ketones is 1. The molecule has 35 heavy (non-hydrogen) atoms. The van der Waals surface area contributed by atoms with E-state index in [0.29, 0.717) is 50.4 Å². The number of aromatic nitrogens is 3. The normalized spacial score (nSPS) is 21.3. The average molecular weight is 506 g/mol. The number of hydrogen-bond acceptors (Lipinski definition) is 7. The zero-order valence-corrected chi connectivity index (χ0v) is 20.1. The summed E-state index contributed by atoms with van der Waals surface area (Å²) in [7, 11) is 1.81. The highest BCUT2D eigenvalue weighted by molar-refractivity contribution is 7.21. The first-order chi connectivity index (χ1) is 16.7. The van der Waals surface area contributed by atoms with E-state index in [2.05, 4.69) is 9.97 Å². The lowest BCUT2D eigenvalue weighted by Crippen LogP contribution is -2.36. The smallest absolute Gasteiger partial charge is 0.338 e. The van der Waals surface area contributed by atoms with Gasteiger partial charge in [0.15, 0.2) is 21.3 Å². The lowest BCUT2D eigenvalue weighted by atomic mass is 10.0. The van der Waals surface area contributed by atoms with E-state index in [1.54, 1.807) is 0 Å². The van der Waals surface area contributed by atoms with E-state index in [9.17, 15) is 22.8 Å². The van der Waals surface area contributed by atoms with Gasteiger partial charge in [-0.2, -0.15) is 13.2 Å². The highest BCUT2D eigenvalue weighted by Gasteiger charge is 2.41. The van der Waals surface area contributed by atoms with E-state index in [1.807, 2.05) is 47.2 Å². The number of carbonyl (C=O) groups excluding carboxylic acids is 1. The summed E-state index contributed by atoms with van der Waals surface area (Å²) in [5.41, 5.74) is 0.249. The lowest BCUT2D eigenvalue weighted by molar-refractivity contribution is -0.148. The molecular formula is C24H26F3N5O2S. The molecule has 0 radical (unpaired) electrons. The van der Waals surface area contributed by atoms with Crippen LogP contribution in [0.25, 0.3) is 10.3 Å². The maximum Gasteiger partial charge on any atom is 0.449 e. The Bertz CT molecular complexity index is 1290. The molecule has 2 saturated heterocycles. The average Bonchev–Trinajstić information content (AvgIpc) is 3.56. The van der Waals surface area contributed by atoms with E-state index in [0.717, 1.165) is 27.9 Å². The number of carbonyl (C=O) groups is 1. The molecule has 2 aromatic heterocycles. The van der Waals surface area contributed by atoms with Gasteiger partial charge in [-0.1, -0.05) is 41.7 Å². The molecular weight excluding hydrogens is 479 g/mol. The standard InChI is InChI=1S/C24H26F3N5O2S/c1-30-13-11-16(14-30)32-21(34)19-20(29-22(32)24(25,26)27)35-23(28-19)31-12-5-8-17(31)18(33)10-9-15-6-3-2-4-7-15/h2-4,6-7,16-17H,5,8-14H2,1H3/t16-,17+/m0/s1. The van der Waals surface area contributed by atoms with Crippen molar-refractivity contribution in [2.24, 2.45) is 0 Å². The first-order valence-corrected chi connectivity index (χ1v) is 12.6. The van der Waals surface area contributed by atoms with Gasteiger partial charge < -0.3 is 9.80 Å². The summed E-state index contributed by atoms with van der Waals surface area (Å²) in [6.07, 6.45) is -1.90. The second-order valence-corrected chi connectivity index (χ2v) is 10.2. The number of likely N-dealkylation sites (N-methyl/N-ethyl adjacent to an activating group) is 1. The minimum Gasteiger partial charge on any atom is -0.338 e. The molecule has 2 aliphatic heterocycles. The summed E-state index contributed by atoms with van der Waals surface area (Å²) in [6, 6.07) is 8.74. The first kappa shape index (κ1) is 23.9. The fourth-order valence-electron chi connectivity index (χ4n) is 5.07. The molecule has 4 heterocycles. The Hall–Kier alpha value is -2.79. The van der Waals surface area contributed by atoms with Crippen molar-refractivity contribution in [3.8, 4) is 0 Å². The van der Waals surface area contributed by atoms with Gasteiger partial charge in [0.1, 0.15) is 0 Å². The minimum absolute atomic E-state index is 0.0395. The van der Waals surface area contributed by atoms with E-state index >= 15 is 0 Å². The second-order valence-electron chi connectivity index (χ2n) is 9.27. The van der Waals surface area contributed by atoms with Crippen LogP contribution < -0.4 is 10.5 Å². The van der Waals surface area contributed by atoms with Crippen LogP contribution in [0.4, 0.5) is 18.3 Å². The molecule has 2 atom stereocenters. The zero-order valence-electron chi connectivity index (χ0n) is 19.3. The van der Waals surface area contributed by atoms with Gasteiger partial charge in [-0.25, -0.2) is 9.97 Å². The number of Topliss-reactive ketones (excluding diaryl/α,β-unsaturated/α-hetero) is 1. The molecule has 0 spiro atoms. The number of likely N-dealkylation sites (tertiary alicyclic amines) is 1. The first-order valence-electron chi connectivity index (χ1n) is 11.7. The van der Waals surface area contributed by atoms with Crippen LogP contribution in [-0.2, 0) is 17.4 Å². The van der Waals surface area contributed by atoms with Crippen molar-refractivity contribution in [2.75, 3.05) is 31.6 Å². The summed E-state index contributed by atoms with van der Waals surface area (Å²) in [5, 5.41) is 0.384. The third-order valence-corrected chi connectivity index (χ3v) is 7.80. The summed E-state index contributed by atoms with van der Waals surface area (Å²) < 4.78 is 42.5. The van der Waals surface area contributed by atoms with Crippen molar-refractivity contribution in [1.29, 1.82) is 0 Å². The van der Waals surface area contributed by atoms with E-state index in [-0.39, 0.29) is 16.1 Å². The number of benzene rings is 1. The molecule has 0 saturated carbocycles. The maximum atomic E-state index is 13.9. The monoisotopic (exact) mass is 505 g/mol. The van der Waals surface area contributed by atoms with Gasteiger partial charge in [0.25, 0.3) is 5.56 Å². The molecule has 11 heteroatoms. The minimum atomic E-state index is -4.76. The van der Waals surface area contributed by atoms with Crippen molar-refractivity contribution >= 4 is 32.6 Å². The molecule has 7 nitrogen and oxygen atoms in total. The van der Waals surface area contributed by atoms with Gasteiger partial charge in [-0.15, -0.1) is 0 Å². The van der Waals surface area contributed by atoms with Gasteiger partial charge in [0, 0.05) is 19.5 Å². The Morgan fingerprint density at radius 1 is 1.14 bits per heavy atom. The maximum absolute atomic E-state index is 13.9. The number of anilines is 1. The molecule has 3 aromatic rings. The number of fused-ring (bicyclic) bond motifs is 1. The van der Waals surface area contributed by atoms with Crippen LogP contribution in [0.15, 0.2) is 35.1 Å². The van der Waals surface area contributed by atoms with Crippen LogP contribution >= 0.6 is 11.3 Å². The molecule has 0 aliphatic carbocycles. The highest BCUT2D eigenvalue weighted by Crippen LogP contribution is 2.36. The number of nitrogens with zero attached hydrogens (tertiary/aromatic N) is 5. The van der Waals surface area contributed by atoms with Crippen LogP contribution in [0.1, 0.15) is 43.1 Å². The molecule has 5 rings (SSSR count). The molecule has 186 valence electrons. The summed E-state index contributed by atoms with van der Waals surface area (Å²) >= 11 is 0.954. The van der Waals surface area contributed by atoms with E-state index < -0.39 is 29.6 Å². The van der Waals surface area contributed by atoms with Crippen LogP contribution in [0, 0.1) is 0 Å². The summed E-state index contributed by atoms with van der Waals surface area (Å²) in [4.78, 5) is 38.3. The lowest BCUT2D eigenvalue weighted by Gasteiger charge is -2.22. The number of rotatable bonds is 6. The molecule has 0 N–H and O–H groups in total. The topological polar surface area (TPSA) is 71.3 Å². The highest BCUT2D eigenvalue weighted by atomic mass is 32.1. The Morgan fingerprint density at radius 2 is 1.91 bits per heavy atom. The number of aryl methyl sites for hydroxylation is 1. The number of alkyl halides is 3. The van der Waals surface area contributed by atoms with Crippen molar-refractivity contribution < 1.29 is 18.0 Å². The van der Waals surface area contributed by atoms with Crippen molar-refractivity contribution in [2.45, 2.75) is 50.4 Å². The van der Waals surface area contributed by atoms with Gasteiger partial charge in [0.05, 0.1) is 12.1 Å². The summed E-state index contributed by atoms with van der Waals surface area (Å²) in [5.74, 6) is -1.11. The Balaban J connectivity index is 1.46. The fraction of sp³-hybridized carbons (Fsp3) is 0.500. The van der Waals surface area contributed by atoms with E-state index in [1.165, 1.54) is 0 Å². The van der Waals surface area contributed by atoms with Gasteiger partial charge in [0.2, 0.25) is 5.82 Å². The van der Waals surface area contributed by atoms with Gasteiger partial charge in [-0.3, -0.25) is 14.2 Å². The molecule has 0 unspecified atom stereocenters. The SMILES string of the molecule is CN1CC[C@H](n2c(C(F)(F)F)nc3sc(N4CCC[C@@H]4C(=O)CCc4ccccc4)nc3c2=O)C1. The zero-order chi connectivity index (χ0) is 24.7. The van der Waals surface area contributed by atoms with Crippen molar-refractivity contribution in [1.82, 2.24) is 19.4 Å². The van der Waals surface area contributed by atoms with Crippen molar-refractivity contribution in [3.63, 3.8) is 0 Å². The van der Waals surface area contributed by atoms with Crippen LogP contribution in [0.5, 0.6) is 0 Å². The van der Waals surface area contributed by atoms with Gasteiger partial charge in [-0.05, 0) is 44.8 Å². The molecule has 1 aromatic carbocycles. The predicted molar refractivity (Wildman–Crippen MR) is 128 cm³/mol. The molecule has 0 bridgehead atoms. The predicted octanol–water partition coefficient (Wildman–Crippen LogP) is 3.92. The number of halogens is 3. The molecule has 2 aliphatic rings. The molecule has 0 amide bonds. The number of hydrogen-bond donors (Lipinski definition) is 0. The van der Waals surface area contributed by atoms with Gasteiger partial charge >= 0.3 is 6.18 Å². The summed E-state index contributed by atoms with van der Waals surface area (Å²) in [6.45, 7) is 1.52. The second kappa shape index (κ2) is 9.34. The fourth-order valence-corrected chi connectivity index (χ4v) is 6.08. The third kappa shape index (κ3) is 4.71. The Morgan fingerprint density at radius 3 is 2.60 bits per heavy atom. The van der Waals surface area contributed by atoms with E-state index in [4.69, 9.17) is 0 Å². The molecule has 2 fully saturated rings. The van der Waals surface area contributed by atoms with Crippen LogP contribution in [0.3, 0.4) is 0 Å². The third-order valence-electron chi connectivity index (χ3n) is 6.81.